The van der Waals surface area contributed by atoms with Gasteiger partial charge < -0.3 is 4.74 Å². The van der Waals surface area contributed by atoms with E-state index < -0.39 is 10.0 Å². The molecule has 1 aromatic heterocycles. The molecule has 0 spiro atoms. The minimum absolute atomic E-state index is 0.131. The van der Waals surface area contributed by atoms with Crippen molar-refractivity contribution in [3.05, 3.63) is 45.5 Å². The van der Waals surface area contributed by atoms with Crippen LogP contribution in [0.3, 0.4) is 0 Å². The monoisotopic (exact) mass is 420 g/mol. The van der Waals surface area contributed by atoms with Gasteiger partial charge in [-0.25, -0.2) is 13.4 Å². The third-order valence-corrected chi connectivity index (χ3v) is 5.23. The third kappa shape index (κ3) is 3.31. The number of nitrogens with zero attached hydrogens (tertiary/aromatic N) is 1. The zero-order chi connectivity index (χ0) is 14.8. The smallest absolute Gasteiger partial charge is 0.263 e. The number of sulfonamides is 1. The van der Waals surface area contributed by atoms with Crippen LogP contribution in [0.15, 0.2) is 50.4 Å². The second-order valence-corrected chi connectivity index (χ2v) is 7.16. The molecule has 8 heteroatoms. The number of nitrogens with one attached hydrogen (secondary N) is 1. The molecule has 2 rings (SSSR count). The van der Waals surface area contributed by atoms with E-state index >= 15 is 0 Å². The molecule has 0 aliphatic carbocycles. The van der Waals surface area contributed by atoms with Gasteiger partial charge in [-0.2, -0.15) is 0 Å². The minimum atomic E-state index is -3.73. The fourth-order valence-electron chi connectivity index (χ4n) is 1.52. The first kappa shape index (κ1) is 15.3. The van der Waals surface area contributed by atoms with Crippen LogP contribution in [-0.2, 0) is 10.0 Å². The molecule has 1 aromatic carbocycles. The lowest BCUT2D eigenvalue weighted by atomic mass is 10.4. The van der Waals surface area contributed by atoms with Gasteiger partial charge >= 0.3 is 0 Å². The van der Waals surface area contributed by atoms with Crippen molar-refractivity contribution in [3.63, 3.8) is 0 Å². The van der Waals surface area contributed by atoms with Gasteiger partial charge in [-0.1, -0.05) is 15.9 Å². The number of hydrogen-bond donors (Lipinski definition) is 1. The average molecular weight is 422 g/mol. The minimum Gasteiger partial charge on any atom is -0.480 e. The molecule has 0 radical (unpaired) electrons. The second kappa shape index (κ2) is 6.11. The van der Waals surface area contributed by atoms with E-state index in [0.717, 1.165) is 4.47 Å². The van der Waals surface area contributed by atoms with Crippen molar-refractivity contribution in [2.75, 3.05) is 11.8 Å². The van der Waals surface area contributed by atoms with E-state index in [-0.39, 0.29) is 16.5 Å². The Morgan fingerprint density at radius 3 is 2.65 bits per heavy atom. The summed E-state index contributed by atoms with van der Waals surface area (Å²) < 4.78 is 33.4. The van der Waals surface area contributed by atoms with Crippen LogP contribution in [-0.4, -0.2) is 20.5 Å². The quantitative estimate of drug-likeness (QED) is 0.821. The van der Waals surface area contributed by atoms with Crippen LogP contribution in [0.4, 0.5) is 5.69 Å². The van der Waals surface area contributed by atoms with Gasteiger partial charge in [0, 0.05) is 15.1 Å². The van der Waals surface area contributed by atoms with Crippen LogP contribution in [0.1, 0.15) is 0 Å². The number of pyridine rings is 1. The summed E-state index contributed by atoms with van der Waals surface area (Å²) in [6, 6.07) is 8.02. The zero-order valence-electron chi connectivity index (χ0n) is 10.3. The Bertz CT molecular complexity index is 735. The highest BCUT2D eigenvalue weighted by atomic mass is 79.9. The summed E-state index contributed by atoms with van der Waals surface area (Å²) in [6.45, 7) is 0. The normalized spacial score (nSPS) is 11.2. The Morgan fingerprint density at radius 2 is 2.00 bits per heavy atom. The van der Waals surface area contributed by atoms with E-state index in [0.29, 0.717) is 4.47 Å². The number of ether oxygens (including phenoxy) is 1. The van der Waals surface area contributed by atoms with Gasteiger partial charge in [0.1, 0.15) is 10.6 Å². The van der Waals surface area contributed by atoms with E-state index in [9.17, 15) is 8.42 Å². The first-order valence-electron chi connectivity index (χ1n) is 5.41. The fourth-order valence-corrected chi connectivity index (χ4v) is 4.33. The molecule has 0 saturated heterocycles. The maximum Gasteiger partial charge on any atom is 0.263 e. The first-order valence-corrected chi connectivity index (χ1v) is 8.48. The van der Waals surface area contributed by atoms with Crippen LogP contribution < -0.4 is 9.46 Å². The lowest BCUT2D eigenvalue weighted by Gasteiger charge is -2.11. The number of anilines is 1. The Hall–Kier alpha value is -1.12. The van der Waals surface area contributed by atoms with Crippen molar-refractivity contribution in [1.82, 2.24) is 4.98 Å². The average Bonchev–Trinajstić information content (AvgIpc) is 2.38. The van der Waals surface area contributed by atoms with Crippen molar-refractivity contribution in [2.45, 2.75) is 4.90 Å². The fraction of sp³-hybridized carbons (Fsp3) is 0.0833. The summed E-state index contributed by atoms with van der Waals surface area (Å²) in [6.07, 6.45) is 1.52. The summed E-state index contributed by atoms with van der Waals surface area (Å²) in [4.78, 5) is 4.07. The number of hydrogen-bond acceptors (Lipinski definition) is 4. The molecular weight excluding hydrogens is 412 g/mol. The number of benzene rings is 1. The molecule has 1 N–H and O–H groups in total. The molecule has 20 heavy (non-hydrogen) atoms. The van der Waals surface area contributed by atoms with E-state index in [1.165, 1.54) is 19.4 Å². The maximum atomic E-state index is 12.4. The van der Waals surface area contributed by atoms with E-state index in [4.69, 9.17) is 4.74 Å². The molecule has 5 nitrogen and oxygen atoms in total. The molecule has 0 unspecified atom stereocenters. The SMILES string of the molecule is COc1ncccc1NS(=O)(=O)c1ccc(Br)cc1Br. The third-order valence-electron chi connectivity index (χ3n) is 2.39. The molecule has 0 aliphatic rings. The summed E-state index contributed by atoms with van der Waals surface area (Å²) in [5.74, 6) is 0.212. The largest absolute Gasteiger partial charge is 0.480 e. The van der Waals surface area contributed by atoms with E-state index in [1.54, 1.807) is 24.3 Å². The van der Waals surface area contributed by atoms with Gasteiger partial charge in [-0.15, -0.1) is 0 Å². The van der Waals surface area contributed by atoms with Crippen LogP contribution >= 0.6 is 31.9 Å². The second-order valence-electron chi connectivity index (χ2n) is 3.74. The van der Waals surface area contributed by atoms with E-state index in [2.05, 4.69) is 41.6 Å². The molecule has 0 aliphatic heterocycles. The molecular formula is C12H10Br2N2O3S. The highest BCUT2D eigenvalue weighted by Crippen LogP contribution is 2.29. The maximum absolute atomic E-state index is 12.4. The lowest BCUT2D eigenvalue weighted by Crippen LogP contribution is -2.14. The molecule has 0 atom stereocenters. The highest BCUT2D eigenvalue weighted by molar-refractivity contribution is 9.11. The van der Waals surface area contributed by atoms with Crippen LogP contribution in [0, 0.1) is 0 Å². The molecule has 1 heterocycles. The standard InChI is InChI=1S/C12H10Br2N2O3S/c1-19-12-10(3-2-6-15-12)16-20(17,18)11-5-4-8(13)7-9(11)14/h2-7,16H,1H3. The predicted molar refractivity (Wildman–Crippen MR) is 83.4 cm³/mol. The molecule has 0 bridgehead atoms. The summed E-state index contributed by atoms with van der Waals surface area (Å²) in [5, 5.41) is 0. The molecule has 106 valence electrons. The number of rotatable bonds is 4. The topological polar surface area (TPSA) is 68.3 Å². The molecule has 0 amide bonds. The van der Waals surface area contributed by atoms with Crippen molar-refractivity contribution >= 4 is 47.6 Å². The number of methoxy groups -OCH3 is 1. The molecule has 0 saturated carbocycles. The van der Waals surface area contributed by atoms with Gasteiger partial charge in [-0.3, -0.25) is 4.72 Å². The predicted octanol–water partition coefficient (Wildman–Crippen LogP) is 3.42. The van der Waals surface area contributed by atoms with Gasteiger partial charge in [0.05, 0.1) is 7.11 Å². The Morgan fingerprint density at radius 1 is 1.25 bits per heavy atom. The summed E-state index contributed by atoms with van der Waals surface area (Å²) in [7, 11) is -2.30. The number of aromatic nitrogens is 1. The van der Waals surface area contributed by atoms with Gasteiger partial charge in [0.15, 0.2) is 0 Å². The van der Waals surface area contributed by atoms with Gasteiger partial charge in [0.25, 0.3) is 10.0 Å². The van der Waals surface area contributed by atoms with Crippen molar-refractivity contribution in [1.29, 1.82) is 0 Å². The van der Waals surface area contributed by atoms with Crippen molar-refractivity contribution < 1.29 is 13.2 Å². The van der Waals surface area contributed by atoms with E-state index in [1.807, 2.05) is 0 Å². The molecule has 0 fully saturated rings. The van der Waals surface area contributed by atoms with Crippen molar-refractivity contribution in [2.24, 2.45) is 0 Å². The Kier molecular flexibility index (Phi) is 4.66. The number of halogens is 2. The van der Waals surface area contributed by atoms with Gasteiger partial charge in [-0.05, 0) is 46.3 Å². The Labute approximate surface area is 133 Å². The molecule has 2 aromatic rings. The van der Waals surface area contributed by atoms with Gasteiger partial charge in [0.2, 0.25) is 5.88 Å². The first-order chi connectivity index (χ1) is 9.44. The lowest BCUT2D eigenvalue weighted by molar-refractivity contribution is 0.400. The Balaban J connectivity index is 2.41. The van der Waals surface area contributed by atoms with Crippen LogP contribution in [0.25, 0.3) is 0 Å². The highest BCUT2D eigenvalue weighted by Gasteiger charge is 2.19. The van der Waals surface area contributed by atoms with Crippen molar-refractivity contribution in [3.8, 4) is 5.88 Å². The summed E-state index contributed by atoms with van der Waals surface area (Å²) in [5.41, 5.74) is 0.282. The van der Waals surface area contributed by atoms with Crippen LogP contribution in [0.2, 0.25) is 0 Å². The van der Waals surface area contributed by atoms with Crippen LogP contribution in [0.5, 0.6) is 5.88 Å². The summed E-state index contributed by atoms with van der Waals surface area (Å²) >= 11 is 6.51. The zero-order valence-corrected chi connectivity index (χ0v) is 14.3.